The first-order chi connectivity index (χ1) is 19.0. The van der Waals surface area contributed by atoms with Gasteiger partial charge in [0.05, 0.1) is 42.7 Å². The highest BCUT2D eigenvalue weighted by atomic mass is 35.5. The number of nitrogens with zero attached hydrogens (tertiary/aromatic N) is 4. The van der Waals surface area contributed by atoms with Crippen molar-refractivity contribution < 1.29 is 28.5 Å². The van der Waals surface area contributed by atoms with E-state index in [-0.39, 0.29) is 6.09 Å². The first kappa shape index (κ1) is 27.6. The summed E-state index contributed by atoms with van der Waals surface area (Å²) in [6.45, 7) is 6.67. The number of piperidine rings is 1. The number of rotatable bonds is 5. The third kappa shape index (κ3) is 5.38. The van der Waals surface area contributed by atoms with E-state index in [1.807, 2.05) is 32.9 Å². The summed E-state index contributed by atoms with van der Waals surface area (Å²) in [6.07, 6.45) is 1.59. The molecule has 2 amide bonds. The summed E-state index contributed by atoms with van der Waals surface area (Å²) in [5.41, 5.74) is 0.473. The second kappa shape index (κ2) is 10.5. The SMILES string of the molecule is COc1cc2ncnc(Nc3cccc(Cl)c3OC)c2cc1N1CC2(CCN(C(=O)OC(C)(C)C)CC2)OC1=O. The minimum Gasteiger partial charge on any atom is -0.494 e. The Bertz CT molecular complexity index is 1450. The molecule has 2 aliphatic heterocycles. The zero-order chi connectivity index (χ0) is 28.7. The fourth-order valence-corrected chi connectivity index (χ4v) is 5.23. The first-order valence-corrected chi connectivity index (χ1v) is 13.3. The van der Waals surface area contributed by atoms with Crippen molar-refractivity contribution in [2.75, 3.05) is 44.1 Å². The summed E-state index contributed by atoms with van der Waals surface area (Å²) in [4.78, 5) is 37.8. The number of ether oxygens (including phenoxy) is 4. The molecule has 0 bridgehead atoms. The number of aromatic nitrogens is 2. The number of hydrogen-bond acceptors (Lipinski definition) is 9. The third-order valence-electron chi connectivity index (χ3n) is 6.95. The maximum atomic E-state index is 13.2. The Kier molecular flexibility index (Phi) is 7.26. The number of methoxy groups -OCH3 is 2. The maximum Gasteiger partial charge on any atom is 0.415 e. The first-order valence-electron chi connectivity index (χ1n) is 12.9. The van der Waals surface area contributed by atoms with E-state index in [1.54, 1.807) is 42.2 Å². The number of likely N-dealkylation sites (tertiary alicyclic amines) is 1. The summed E-state index contributed by atoms with van der Waals surface area (Å²) in [5, 5.41) is 4.39. The van der Waals surface area contributed by atoms with Gasteiger partial charge in [0.15, 0.2) is 5.75 Å². The van der Waals surface area contributed by atoms with Gasteiger partial charge in [-0.05, 0) is 39.0 Å². The highest BCUT2D eigenvalue weighted by molar-refractivity contribution is 6.32. The molecular weight excluding hydrogens is 538 g/mol. The Morgan fingerprint density at radius 1 is 1.12 bits per heavy atom. The van der Waals surface area contributed by atoms with Crippen molar-refractivity contribution in [1.82, 2.24) is 14.9 Å². The zero-order valence-electron chi connectivity index (χ0n) is 23.1. The van der Waals surface area contributed by atoms with Crippen LogP contribution in [-0.4, -0.2) is 72.1 Å². The lowest BCUT2D eigenvalue weighted by molar-refractivity contribution is -0.0167. The van der Waals surface area contributed by atoms with Gasteiger partial charge in [0.25, 0.3) is 0 Å². The van der Waals surface area contributed by atoms with Crippen LogP contribution in [-0.2, 0) is 9.47 Å². The van der Waals surface area contributed by atoms with Gasteiger partial charge in [-0.2, -0.15) is 0 Å². The number of anilines is 3. The van der Waals surface area contributed by atoms with Crippen molar-refractivity contribution >= 4 is 51.9 Å². The molecule has 0 atom stereocenters. The van der Waals surface area contributed by atoms with Crippen LogP contribution in [0.15, 0.2) is 36.7 Å². The molecule has 2 aliphatic rings. The largest absolute Gasteiger partial charge is 0.494 e. The monoisotopic (exact) mass is 569 g/mol. The van der Waals surface area contributed by atoms with Crippen LogP contribution in [0.5, 0.6) is 11.5 Å². The number of amides is 2. The van der Waals surface area contributed by atoms with Gasteiger partial charge in [0, 0.05) is 37.4 Å². The highest BCUT2D eigenvalue weighted by Gasteiger charge is 2.49. The number of halogens is 1. The van der Waals surface area contributed by atoms with Gasteiger partial charge < -0.3 is 29.2 Å². The molecule has 3 aromatic rings. The summed E-state index contributed by atoms with van der Waals surface area (Å²) in [5.74, 6) is 1.45. The predicted molar refractivity (Wildman–Crippen MR) is 151 cm³/mol. The van der Waals surface area contributed by atoms with Gasteiger partial charge in [-0.15, -0.1) is 0 Å². The molecule has 0 radical (unpaired) electrons. The number of para-hydroxylation sites is 1. The Morgan fingerprint density at radius 2 is 1.88 bits per heavy atom. The highest BCUT2D eigenvalue weighted by Crippen LogP contribution is 2.42. The van der Waals surface area contributed by atoms with Crippen LogP contribution in [0.1, 0.15) is 33.6 Å². The summed E-state index contributed by atoms with van der Waals surface area (Å²) in [6, 6.07) is 8.94. The molecule has 40 heavy (non-hydrogen) atoms. The van der Waals surface area contributed by atoms with Crippen molar-refractivity contribution in [1.29, 1.82) is 0 Å². The lowest BCUT2D eigenvalue weighted by atomic mass is 9.91. The minimum atomic E-state index is -0.724. The number of hydrogen-bond donors (Lipinski definition) is 1. The Labute approximate surface area is 237 Å². The molecule has 2 saturated heterocycles. The van der Waals surface area contributed by atoms with Crippen molar-refractivity contribution in [3.8, 4) is 11.5 Å². The molecule has 1 N–H and O–H groups in total. The molecule has 2 fully saturated rings. The van der Waals surface area contributed by atoms with Gasteiger partial charge in [0.2, 0.25) is 0 Å². The van der Waals surface area contributed by atoms with Crippen LogP contribution in [0.3, 0.4) is 0 Å². The van der Waals surface area contributed by atoms with E-state index in [1.165, 1.54) is 6.33 Å². The van der Waals surface area contributed by atoms with Crippen molar-refractivity contribution in [2.45, 2.75) is 44.8 Å². The zero-order valence-corrected chi connectivity index (χ0v) is 23.9. The molecule has 0 saturated carbocycles. The second-order valence-electron chi connectivity index (χ2n) is 10.8. The lowest BCUT2D eigenvalue weighted by Crippen LogP contribution is -2.49. The predicted octanol–water partition coefficient (Wildman–Crippen LogP) is 5.77. The average molecular weight is 570 g/mol. The van der Waals surface area contributed by atoms with Crippen LogP contribution in [0.4, 0.5) is 26.8 Å². The Balaban J connectivity index is 1.42. The maximum absolute atomic E-state index is 13.2. The standard InChI is InChI=1S/C28H32ClN5O6/c1-27(2,3)39-25(35)33-11-9-28(10-12-33)15-34(26(36)40-28)21-13-17-20(14-22(21)37-4)30-16-31-24(17)32-19-8-6-7-18(29)23(19)38-5/h6-8,13-14,16H,9-12,15H2,1-5H3,(H,30,31,32). The summed E-state index contributed by atoms with van der Waals surface area (Å²) in [7, 11) is 3.08. The Hall–Kier alpha value is -3.99. The van der Waals surface area contributed by atoms with Crippen molar-refractivity contribution in [3.63, 3.8) is 0 Å². The molecule has 3 heterocycles. The van der Waals surface area contributed by atoms with Crippen LogP contribution >= 0.6 is 11.6 Å². The topological polar surface area (TPSA) is 115 Å². The number of fused-ring (bicyclic) bond motifs is 1. The fraction of sp³-hybridized carbons (Fsp3) is 0.429. The average Bonchev–Trinajstić information content (AvgIpc) is 3.22. The van der Waals surface area contributed by atoms with E-state index in [9.17, 15) is 9.59 Å². The molecular formula is C28H32ClN5O6. The van der Waals surface area contributed by atoms with Crippen LogP contribution in [0.25, 0.3) is 10.9 Å². The van der Waals surface area contributed by atoms with Gasteiger partial charge in [-0.25, -0.2) is 19.6 Å². The molecule has 5 rings (SSSR count). The van der Waals surface area contributed by atoms with Crippen molar-refractivity contribution in [2.24, 2.45) is 0 Å². The van der Waals surface area contributed by atoms with Crippen LogP contribution in [0.2, 0.25) is 5.02 Å². The van der Waals surface area contributed by atoms with Crippen LogP contribution in [0, 0.1) is 0 Å². The second-order valence-corrected chi connectivity index (χ2v) is 11.2. The molecule has 0 unspecified atom stereocenters. The van der Waals surface area contributed by atoms with E-state index < -0.39 is 17.3 Å². The lowest BCUT2D eigenvalue weighted by Gasteiger charge is -2.37. The Morgan fingerprint density at radius 3 is 2.55 bits per heavy atom. The summed E-state index contributed by atoms with van der Waals surface area (Å²) < 4.78 is 22.6. The molecule has 1 spiro atoms. The molecule has 11 nitrogen and oxygen atoms in total. The number of benzene rings is 2. The molecule has 12 heteroatoms. The third-order valence-corrected chi connectivity index (χ3v) is 7.25. The minimum absolute atomic E-state index is 0.314. The summed E-state index contributed by atoms with van der Waals surface area (Å²) >= 11 is 6.31. The van der Waals surface area contributed by atoms with Crippen molar-refractivity contribution in [3.05, 3.63) is 41.7 Å². The molecule has 2 aromatic carbocycles. The quantitative estimate of drug-likeness (QED) is 0.409. The number of nitrogens with one attached hydrogen (secondary N) is 1. The normalized spacial score (nSPS) is 16.7. The van der Waals surface area contributed by atoms with Crippen LogP contribution < -0.4 is 19.7 Å². The fourth-order valence-electron chi connectivity index (χ4n) is 4.98. The van der Waals surface area contributed by atoms with Gasteiger partial charge >= 0.3 is 12.2 Å². The van der Waals surface area contributed by atoms with Gasteiger partial charge in [0.1, 0.15) is 29.1 Å². The van der Waals surface area contributed by atoms with E-state index in [0.717, 1.165) is 0 Å². The van der Waals surface area contributed by atoms with E-state index in [2.05, 4.69) is 15.3 Å². The van der Waals surface area contributed by atoms with Gasteiger partial charge in [-0.3, -0.25) is 4.90 Å². The van der Waals surface area contributed by atoms with Gasteiger partial charge in [-0.1, -0.05) is 17.7 Å². The van der Waals surface area contributed by atoms with E-state index in [0.29, 0.717) is 77.1 Å². The number of carbonyl (C=O) groups excluding carboxylic acids is 2. The molecule has 212 valence electrons. The molecule has 1 aromatic heterocycles. The molecule has 0 aliphatic carbocycles. The van der Waals surface area contributed by atoms with E-state index >= 15 is 0 Å². The smallest absolute Gasteiger partial charge is 0.415 e. The number of carbonyl (C=O) groups is 2. The van der Waals surface area contributed by atoms with E-state index in [4.69, 9.17) is 30.5 Å².